The highest BCUT2D eigenvalue weighted by molar-refractivity contribution is 7.15. The SMILES string of the molecule is CCCCCCCOCc1nnc(N)s1. The highest BCUT2D eigenvalue weighted by Gasteiger charge is 2.00. The molecule has 86 valence electrons. The summed E-state index contributed by atoms with van der Waals surface area (Å²) in [4.78, 5) is 0. The van der Waals surface area contributed by atoms with Gasteiger partial charge in [0.05, 0.1) is 0 Å². The normalized spacial score (nSPS) is 10.7. The van der Waals surface area contributed by atoms with Crippen molar-refractivity contribution in [3.63, 3.8) is 0 Å². The number of hydrogen-bond donors (Lipinski definition) is 1. The van der Waals surface area contributed by atoms with Gasteiger partial charge in [-0.3, -0.25) is 0 Å². The quantitative estimate of drug-likeness (QED) is 0.696. The lowest BCUT2D eigenvalue weighted by atomic mass is 10.2. The van der Waals surface area contributed by atoms with E-state index in [0.717, 1.165) is 18.0 Å². The van der Waals surface area contributed by atoms with Crippen LogP contribution in [-0.2, 0) is 11.3 Å². The van der Waals surface area contributed by atoms with Gasteiger partial charge < -0.3 is 10.5 Å². The Kier molecular flexibility index (Phi) is 6.27. The first kappa shape index (κ1) is 12.4. The summed E-state index contributed by atoms with van der Waals surface area (Å²) < 4.78 is 5.47. The third kappa shape index (κ3) is 5.69. The highest BCUT2D eigenvalue weighted by atomic mass is 32.1. The molecule has 0 bridgehead atoms. The van der Waals surface area contributed by atoms with Gasteiger partial charge in [0, 0.05) is 6.61 Å². The Hall–Kier alpha value is -0.680. The molecule has 0 aliphatic heterocycles. The molecule has 0 fully saturated rings. The van der Waals surface area contributed by atoms with Crippen LogP contribution in [0.5, 0.6) is 0 Å². The van der Waals surface area contributed by atoms with Crippen LogP contribution in [0, 0.1) is 0 Å². The molecule has 0 aliphatic carbocycles. The maximum absolute atomic E-state index is 5.47. The van der Waals surface area contributed by atoms with E-state index >= 15 is 0 Å². The van der Waals surface area contributed by atoms with Crippen LogP contribution < -0.4 is 5.73 Å². The molecule has 0 saturated heterocycles. The largest absolute Gasteiger partial charge is 0.374 e. The zero-order valence-electron chi connectivity index (χ0n) is 9.24. The van der Waals surface area contributed by atoms with Crippen molar-refractivity contribution in [1.82, 2.24) is 10.2 Å². The number of nitrogens with two attached hydrogens (primary N) is 1. The Morgan fingerprint density at radius 3 is 2.67 bits per heavy atom. The molecule has 2 N–H and O–H groups in total. The molecular formula is C10H19N3OS. The van der Waals surface area contributed by atoms with Gasteiger partial charge in [-0.1, -0.05) is 43.9 Å². The maximum atomic E-state index is 5.47. The van der Waals surface area contributed by atoms with Crippen molar-refractivity contribution < 1.29 is 4.74 Å². The van der Waals surface area contributed by atoms with Crippen LogP contribution >= 0.6 is 11.3 Å². The van der Waals surface area contributed by atoms with Crippen molar-refractivity contribution in [3.05, 3.63) is 5.01 Å². The second-order valence-electron chi connectivity index (χ2n) is 3.50. The van der Waals surface area contributed by atoms with Crippen LogP contribution in [0.4, 0.5) is 5.13 Å². The topological polar surface area (TPSA) is 61.0 Å². The van der Waals surface area contributed by atoms with Gasteiger partial charge in [-0.2, -0.15) is 0 Å². The summed E-state index contributed by atoms with van der Waals surface area (Å²) in [5.74, 6) is 0. The van der Waals surface area contributed by atoms with Gasteiger partial charge in [-0.15, -0.1) is 10.2 Å². The molecule has 5 heteroatoms. The third-order valence-corrected chi connectivity index (χ3v) is 2.83. The molecule has 0 spiro atoms. The van der Waals surface area contributed by atoms with Gasteiger partial charge in [0.2, 0.25) is 5.13 Å². The first-order valence-electron chi connectivity index (χ1n) is 5.48. The van der Waals surface area contributed by atoms with Gasteiger partial charge >= 0.3 is 0 Å². The molecule has 15 heavy (non-hydrogen) atoms. The smallest absolute Gasteiger partial charge is 0.203 e. The van der Waals surface area contributed by atoms with E-state index in [1.54, 1.807) is 0 Å². The molecule has 0 saturated carbocycles. The summed E-state index contributed by atoms with van der Waals surface area (Å²) in [5.41, 5.74) is 5.45. The second kappa shape index (κ2) is 7.59. The maximum Gasteiger partial charge on any atom is 0.203 e. The Morgan fingerprint density at radius 1 is 1.20 bits per heavy atom. The van der Waals surface area contributed by atoms with E-state index in [0.29, 0.717) is 11.7 Å². The lowest BCUT2D eigenvalue weighted by Gasteiger charge is -2.01. The van der Waals surface area contributed by atoms with E-state index in [4.69, 9.17) is 10.5 Å². The molecule has 0 unspecified atom stereocenters. The predicted molar refractivity (Wildman–Crippen MR) is 62.7 cm³/mol. The molecule has 0 amide bonds. The second-order valence-corrected chi connectivity index (χ2v) is 4.59. The van der Waals surface area contributed by atoms with Gasteiger partial charge in [-0.25, -0.2) is 0 Å². The summed E-state index contributed by atoms with van der Waals surface area (Å²) in [6.45, 7) is 3.57. The molecule has 0 aromatic carbocycles. The fourth-order valence-electron chi connectivity index (χ4n) is 1.29. The number of rotatable bonds is 8. The average Bonchev–Trinajstić information content (AvgIpc) is 2.63. The number of ether oxygens (including phenoxy) is 1. The molecule has 1 rings (SSSR count). The lowest BCUT2D eigenvalue weighted by Crippen LogP contribution is -1.95. The molecule has 0 aliphatic rings. The monoisotopic (exact) mass is 229 g/mol. The van der Waals surface area contributed by atoms with Crippen LogP contribution in [0.1, 0.15) is 44.0 Å². The minimum atomic E-state index is 0.511. The third-order valence-electron chi connectivity index (χ3n) is 2.10. The number of hydrogen-bond acceptors (Lipinski definition) is 5. The first-order valence-corrected chi connectivity index (χ1v) is 6.30. The lowest BCUT2D eigenvalue weighted by molar-refractivity contribution is 0.116. The Balaban J connectivity index is 1.93. The minimum Gasteiger partial charge on any atom is -0.374 e. The summed E-state index contributed by atoms with van der Waals surface area (Å²) in [6, 6.07) is 0. The molecule has 1 aromatic heterocycles. The Morgan fingerprint density at radius 2 is 2.00 bits per heavy atom. The van der Waals surface area contributed by atoms with Crippen molar-refractivity contribution in [2.75, 3.05) is 12.3 Å². The first-order chi connectivity index (χ1) is 7.33. The number of nitrogens with zero attached hydrogens (tertiary/aromatic N) is 2. The summed E-state index contributed by atoms with van der Waals surface area (Å²) in [5, 5.41) is 8.98. The number of anilines is 1. The standard InChI is InChI=1S/C10H19N3OS/c1-2-3-4-5-6-7-14-8-9-12-13-10(11)15-9/h2-8H2,1H3,(H2,11,13). The van der Waals surface area contributed by atoms with Gasteiger partial charge in [0.15, 0.2) is 0 Å². The molecule has 0 atom stereocenters. The van der Waals surface area contributed by atoms with Crippen molar-refractivity contribution in [1.29, 1.82) is 0 Å². The van der Waals surface area contributed by atoms with Crippen LogP contribution in [0.25, 0.3) is 0 Å². The van der Waals surface area contributed by atoms with Gasteiger partial charge in [0.25, 0.3) is 0 Å². The van der Waals surface area contributed by atoms with Crippen molar-refractivity contribution in [2.45, 2.75) is 45.6 Å². The summed E-state index contributed by atoms with van der Waals surface area (Å²) in [7, 11) is 0. The molecule has 0 radical (unpaired) electrons. The van der Waals surface area contributed by atoms with E-state index in [1.807, 2.05) is 0 Å². The zero-order valence-corrected chi connectivity index (χ0v) is 10.1. The van der Waals surface area contributed by atoms with Crippen molar-refractivity contribution in [3.8, 4) is 0 Å². The summed E-state index contributed by atoms with van der Waals surface area (Å²) in [6.07, 6.45) is 6.31. The molecular weight excluding hydrogens is 210 g/mol. The number of aromatic nitrogens is 2. The van der Waals surface area contributed by atoms with Gasteiger partial charge in [0.1, 0.15) is 11.6 Å². The van der Waals surface area contributed by atoms with Crippen LogP contribution in [0.2, 0.25) is 0 Å². The molecule has 1 heterocycles. The zero-order chi connectivity index (χ0) is 10.9. The van der Waals surface area contributed by atoms with E-state index in [9.17, 15) is 0 Å². The minimum absolute atomic E-state index is 0.511. The molecule has 1 aromatic rings. The van der Waals surface area contributed by atoms with Crippen LogP contribution in [0.15, 0.2) is 0 Å². The van der Waals surface area contributed by atoms with Gasteiger partial charge in [-0.05, 0) is 6.42 Å². The van der Waals surface area contributed by atoms with E-state index < -0.39 is 0 Å². The number of nitrogen functional groups attached to an aromatic ring is 1. The van der Waals surface area contributed by atoms with E-state index in [1.165, 1.54) is 37.0 Å². The highest BCUT2D eigenvalue weighted by Crippen LogP contribution is 2.12. The van der Waals surface area contributed by atoms with E-state index in [-0.39, 0.29) is 0 Å². The fraction of sp³-hybridized carbons (Fsp3) is 0.800. The van der Waals surface area contributed by atoms with Crippen LogP contribution in [-0.4, -0.2) is 16.8 Å². The summed E-state index contributed by atoms with van der Waals surface area (Å²) >= 11 is 1.39. The van der Waals surface area contributed by atoms with E-state index in [2.05, 4.69) is 17.1 Å². The Bertz CT molecular complexity index is 265. The number of unbranched alkanes of at least 4 members (excludes halogenated alkanes) is 4. The van der Waals surface area contributed by atoms with Crippen molar-refractivity contribution in [2.24, 2.45) is 0 Å². The molecule has 4 nitrogen and oxygen atoms in total. The predicted octanol–water partition coefficient (Wildman–Crippen LogP) is 2.61. The average molecular weight is 229 g/mol. The fourth-order valence-corrected chi connectivity index (χ4v) is 1.84. The van der Waals surface area contributed by atoms with Crippen LogP contribution in [0.3, 0.4) is 0 Å². The van der Waals surface area contributed by atoms with Crippen molar-refractivity contribution >= 4 is 16.5 Å². The Labute approximate surface area is 94.9 Å².